The molecule has 4 nitrogen and oxygen atoms in total. The molecule has 2 amide bonds. The third-order valence-electron chi connectivity index (χ3n) is 2.18. The van der Waals surface area contributed by atoms with Gasteiger partial charge in [0.15, 0.2) is 0 Å². The lowest BCUT2D eigenvalue weighted by molar-refractivity contribution is 0.219. The van der Waals surface area contributed by atoms with Crippen molar-refractivity contribution in [2.45, 2.75) is 24.8 Å². The van der Waals surface area contributed by atoms with E-state index >= 15 is 0 Å². The zero-order valence-corrected chi connectivity index (χ0v) is 6.81. The van der Waals surface area contributed by atoms with Crippen LogP contribution in [0.4, 0.5) is 4.79 Å². The summed E-state index contributed by atoms with van der Waals surface area (Å²) < 4.78 is 0. The topological polar surface area (TPSA) is 67.2 Å². The summed E-state index contributed by atoms with van der Waals surface area (Å²) in [6.45, 7) is 0.590. The lowest BCUT2D eigenvalue weighted by Crippen LogP contribution is -2.55. The Hall–Kier alpha value is -0.770. The minimum atomic E-state index is -0.151. The molecule has 0 aromatic carbocycles. The van der Waals surface area contributed by atoms with Gasteiger partial charge in [0.25, 0.3) is 0 Å². The minimum absolute atomic E-state index is 0.119. The third kappa shape index (κ3) is 2.08. The SMILES string of the molecule is CNC(=O)NCC1(N)CCC1. The molecule has 0 aromatic heterocycles. The molecule has 1 aliphatic carbocycles. The standard InChI is InChI=1S/C7H15N3O/c1-9-6(11)10-5-7(8)3-2-4-7/h2-5,8H2,1H3,(H2,9,10,11). The second kappa shape index (κ2) is 3.09. The molecule has 0 aromatic rings. The van der Waals surface area contributed by atoms with Gasteiger partial charge < -0.3 is 16.4 Å². The Bertz CT molecular complexity index is 154. The summed E-state index contributed by atoms with van der Waals surface area (Å²) in [7, 11) is 1.60. The molecular weight excluding hydrogens is 142 g/mol. The Morgan fingerprint density at radius 3 is 2.64 bits per heavy atom. The van der Waals surface area contributed by atoms with Crippen LogP contribution in [0.3, 0.4) is 0 Å². The van der Waals surface area contributed by atoms with Crippen LogP contribution in [0.15, 0.2) is 0 Å². The van der Waals surface area contributed by atoms with Gasteiger partial charge in [0.1, 0.15) is 0 Å². The van der Waals surface area contributed by atoms with Gasteiger partial charge in [0.05, 0.1) is 0 Å². The number of hydrogen-bond donors (Lipinski definition) is 3. The molecule has 0 spiro atoms. The van der Waals surface area contributed by atoms with E-state index < -0.39 is 0 Å². The molecular formula is C7H15N3O. The average molecular weight is 157 g/mol. The molecule has 4 N–H and O–H groups in total. The van der Waals surface area contributed by atoms with Crippen molar-refractivity contribution in [3.63, 3.8) is 0 Å². The lowest BCUT2D eigenvalue weighted by atomic mass is 9.78. The normalized spacial score (nSPS) is 20.2. The van der Waals surface area contributed by atoms with Gasteiger partial charge in [-0.05, 0) is 19.3 Å². The van der Waals surface area contributed by atoms with Crippen LogP contribution in [-0.4, -0.2) is 25.2 Å². The maximum absolute atomic E-state index is 10.7. The highest BCUT2D eigenvalue weighted by molar-refractivity contribution is 5.73. The second-order valence-corrected chi connectivity index (χ2v) is 3.15. The quantitative estimate of drug-likeness (QED) is 0.519. The Labute approximate surface area is 66.5 Å². The lowest BCUT2D eigenvalue weighted by Gasteiger charge is -2.37. The van der Waals surface area contributed by atoms with Gasteiger partial charge in [-0.3, -0.25) is 0 Å². The smallest absolute Gasteiger partial charge is 0.314 e. The van der Waals surface area contributed by atoms with Crippen LogP contribution in [0.25, 0.3) is 0 Å². The molecule has 0 atom stereocenters. The van der Waals surface area contributed by atoms with E-state index in [4.69, 9.17) is 5.73 Å². The molecule has 1 saturated carbocycles. The van der Waals surface area contributed by atoms with Crippen LogP contribution in [-0.2, 0) is 0 Å². The number of urea groups is 1. The fourth-order valence-electron chi connectivity index (χ4n) is 1.15. The van der Waals surface area contributed by atoms with E-state index in [0.29, 0.717) is 6.54 Å². The van der Waals surface area contributed by atoms with Crippen molar-refractivity contribution in [2.75, 3.05) is 13.6 Å². The van der Waals surface area contributed by atoms with Gasteiger partial charge in [0, 0.05) is 19.1 Å². The van der Waals surface area contributed by atoms with Gasteiger partial charge in [-0.2, -0.15) is 0 Å². The summed E-state index contributed by atoms with van der Waals surface area (Å²) in [5, 5.41) is 5.18. The minimum Gasteiger partial charge on any atom is -0.341 e. The highest BCUT2D eigenvalue weighted by Gasteiger charge is 2.32. The van der Waals surface area contributed by atoms with Gasteiger partial charge in [-0.15, -0.1) is 0 Å². The predicted molar refractivity (Wildman–Crippen MR) is 43.2 cm³/mol. The Morgan fingerprint density at radius 2 is 2.27 bits per heavy atom. The van der Waals surface area contributed by atoms with E-state index in [1.807, 2.05) is 0 Å². The van der Waals surface area contributed by atoms with Crippen LogP contribution < -0.4 is 16.4 Å². The average Bonchev–Trinajstić information content (AvgIpc) is 1.96. The van der Waals surface area contributed by atoms with E-state index in [1.54, 1.807) is 7.05 Å². The molecule has 0 unspecified atom stereocenters. The molecule has 1 rings (SSSR count). The third-order valence-corrected chi connectivity index (χ3v) is 2.18. The maximum atomic E-state index is 10.7. The van der Waals surface area contributed by atoms with Crippen LogP contribution >= 0.6 is 0 Å². The summed E-state index contributed by atoms with van der Waals surface area (Å²) in [6.07, 6.45) is 3.24. The summed E-state index contributed by atoms with van der Waals surface area (Å²) in [5.41, 5.74) is 5.74. The Balaban J connectivity index is 2.16. The summed E-state index contributed by atoms with van der Waals surface area (Å²) in [5.74, 6) is 0. The first-order valence-corrected chi connectivity index (χ1v) is 3.91. The fraction of sp³-hybridized carbons (Fsp3) is 0.857. The Morgan fingerprint density at radius 1 is 1.64 bits per heavy atom. The van der Waals surface area contributed by atoms with Crippen molar-refractivity contribution in [1.29, 1.82) is 0 Å². The largest absolute Gasteiger partial charge is 0.341 e. The number of carbonyl (C=O) groups excluding carboxylic acids is 1. The van der Waals surface area contributed by atoms with Crippen LogP contribution in [0, 0.1) is 0 Å². The van der Waals surface area contributed by atoms with E-state index in [9.17, 15) is 4.79 Å². The molecule has 0 aliphatic heterocycles. The van der Waals surface area contributed by atoms with Crippen molar-refractivity contribution in [1.82, 2.24) is 10.6 Å². The number of nitrogens with one attached hydrogen (secondary N) is 2. The van der Waals surface area contributed by atoms with E-state index in [0.717, 1.165) is 12.8 Å². The first-order chi connectivity index (χ1) is 5.16. The monoisotopic (exact) mass is 157 g/mol. The molecule has 0 radical (unpaired) electrons. The van der Waals surface area contributed by atoms with Gasteiger partial charge in [0.2, 0.25) is 0 Å². The predicted octanol–water partition coefficient (Wildman–Crippen LogP) is -0.203. The highest BCUT2D eigenvalue weighted by atomic mass is 16.2. The molecule has 0 bridgehead atoms. The zero-order valence-electron chi connectivity index (χ0n) is 6.81. The molecule has 64 valence electrons. The van der Waals surface area contributed by atoms with E-state index in [-0.39, 0.29) is 11.6 Å². The van der Waals surface area contributed by atoms with Crippen molar-refractivity contribution < 1.29 is 4.79 Å². The fourth-order valence-corrected chi connectivity index (χ4v) is 1.15. The van der Waals surface area contributed by atoms with E-state index in [2.05, 4.69) is 10.6 Å². The van der Waals surface area contributed by atoms with Crippen molar-refractivity contribution in [2.24, 2.45) is 5.73 Å². The molecule has 1 fully saturated rings. The summed E-state index contributed by atoms with van der Waals surface area (Å²) >= 11 is 0. The molecule has 0 heterocycles. The van der Waals surface area contributed by atoms with Gasteiger partial charge >= 0.3 is 6.03 Å². The Kier molecular flexibility index (Phi) is 2.34. The van der Waals surface area contributed by atoms with Crippen LogP contribution in [0.1, 0.15) is 19.3 Å². The zero-order chi connectivity index (χ0) is 8.32. The number of amides is 2. The van der Waals surface area contributed by atoms with E-state index in [1.165, 1.54) is 6.42 Å². The number of nitrogens with two attached hydrogens (primary N) is 1. The number of hydrogen-bond acceptors (Lipinski definition) is 2. The van der Waals surface area contributed by atoms with Crippen molar-refractivity contribution >= 4 is 6.03 Å². The van der Waals surface area contributed by atoms with Crippen molar-refractivity contribution in [3.05, 3.63) is 0 Å². The second-order valence-electron chi connectivity index (χ2n) is 3.15. The summed E-state index contributed by atoms with van der Waals surface area (Å²) in [4.78, 5) is 10.7. The molecule has 0 saturated heterocycles. The maximum Gasteiger partial charge on any atom is 0.314 e. The molecule has 1 aliphatic rings. The summed E-state index contributed by atoms with van der Waals surface area (Å²) in [6, 6.07) is -0.151. The number of carbonyl (C=O) groups is 1. The van der Waals surface area contributed by atoms with Crippen LogP contribution in [0.5, 0.6) is 0 Å². The first kappa shape index (κ1) is 8.33. The highest BCUT2D eigenvalue weighted by Crippen LogP contribution is 2.27. The van der Waals surface area contributed by atoms with Gasteiger partial charge in [-0.25, -0.2) is 4.79 Å². The number of rotatable bonds is 2. The molecule has 4 heteroatoms. The first-order valence-electron chi connectivity index (χ1n) is 3.91. The molecule has 11 heavy (non-hydrogen) atoms. The van der Waals surface area contributed by atoms with Gasteiger partial charge in [-0.1, -0.05) is 0 Å². The van der Waals surface area contributed by atoms with Crippen LogP contribution in [0.2, 0.25) is 0 Å². The van der Waals surface area contributed by atoms with Crippen molar-refractivity contribution in [3.8, 4) is 0 Å².